The number of rotatable bonds is 2. The van der Waals surface area contributed by atoms with Crippen molar-refractivity contribution in [2.24, 2.45) is 4.99 Å². The molecule has 1 N–H and O–H groups in total. The minimum absolute atomic E-state index is 0.205. The Labute approximate surface area is 146 Å². The number of benzene rings is 2. The Balaban J connectivity index is 1.65. The molecule has 25 heavy (non-hydrogen) atoms. The van der Waals surface area contributed by atoms with E-state index in [1.165, 1.54) is 11.1 Å². The van der Waals surface area contributed by atoms with Crippen molar-refractivity contribution in [2.75, 3.05) is 13.2 Å². The highest BCUT2D eigenvalue weighted by atomic mass is 16.6. The molecule has 0 saturated heterocycles. The van der Waals surface area contributed by atoms with Crippen molar-refractivity contribution in [2.45, 2.75) is 13.8 Å². The largest absolute Gasteiger partial charge is 0.486 e. The molecule has 0 spiro atoms. The third kappa shape index (κ3) is 3.01. The van der Waals surface area contributed by atoms with Gasteiger partial charge >= 0.3 is 0 Å². The number of hydrogen-bond donors (Lipinski definition) is 1. The molecule has 2 heterocycles. The number of hydrogen-bond acceptors (Lipinski definition) is 4. The van der Waals surface area contributed by atoms with Crippen molar-refractivity contribution in [3.8, 4) is 11.5 Å². The number of nitrogens with zero attached hydrogens (tertiary/aromatic N) is 1. The summed E-state index contributed by atoms with van der Waals surface area (Å²) in [6.45, 7) is 5.19. The summed E-state index contributed by atoms with van der Waals surface area (Å²) in [6, 6.07) is 11.6. The van der Waals surface area contributed by atoms with Gasteiger partial charge in [-0.05, 0) is 54.8 Å². The first-order valence-corrected chi connectivity index (χ1v) is 8.19. The maximum atomic E-state index is 12.3. The van der Waals surface area contributed by atoms with Crippen molar-refractivity contribution < 1.29 is 14.3 Å². The Bertz CT molecular complexity index is 929. The van der Waals surface area contributed by atoms with E-state index in [9.17, 15) is 4.79 Å². The number of carbonyl (C=O) groups is 1. The number of ether oxygens (including phenoxy) is 2. The number of carbonyl (C=O) groups excluding carboxylic acids is 1. The highest BCUT2D eigenvalue weighted by Crippen LogP contribution is 2.31. The average Bonchev–Trinajstić information content (AvgIpc) is 2.98. The fourth-order valence-corrected chi connectivity index (χ4v) is 2.80. The number of aryl methyl sites for hydroxylation is 2. The maximum Gasteiger partial charge on any atom is 0.275 e. The highest BCUT2D eigenvalue weighted by molar-refractivity contribution is 6.19. The summed E-state index contributed by atoms with van der Waals surface area (Å²) in [5.41, 5.74) is 4.51. The molecular formula is C20H18N2O3. The Hall–Kier alpha value is -3.08. The summed E-state index contributed by atoms with van der Waals surface area (Å²) in [5.74, 6) is 1.79. The predicted octanol–water partition coefficient (Wildman–Crippen LogP) is 2.99. The first-order chi connectivity index (χ1) is 12.1. The Kier molecular flexibility index (Phi) is 3.76. The second-order valence-corrected chi connectivity index (χ2v) is 6.15. The van der Waals surface area contributed by atoms with Crippen LogP contribution in [0.2, 0.25) is 0 Å². The van der Waals surface area contributed by atoms with Gasteiger partial charge in [0.15, 0.2) is 11.5 Å². The zero-order chi connectivity index (χ0) is 17.4. The smallest absolute Gasteiger partial charge is 0.275 e. The highest BCUT2D eigenvalue weighted by Gasteiger charge is 2.21. The molecule has 2 aliphatic rings. The molecule has 126 valence electrons. The van der Waals surface area contributed by atoms with Gasteiger partial charge in [-0.3, -0.25) is 4.79 Å². The van der Waals surface area contributed by atoms with Crippen molar-refractivity contribution in [3.63, 3.8) is 0 Å². The summed E-state index contributed by atoms with van der Waals surface area (Å²) >= 11 is 0. The van der Waals surface area contributed by atoms with Crippen LogP contribution in [0.5, 0.6) is 11.5 Å². The number of amides is 1. The van der Waals surface area contributed by atoms with Crippen LogP contribution in [0.3, 0.4) is 0 Å². The molecule has 5 nitrogen and oxygen atoms in total. The lowest BCUT2D eigenvalue weighted by Gasteiger charge is -2.18. The first-order valence-electron chi connectivity index (χ1n) is 8.19. The molecule has 0 atom stereocenters. The second-order valence-electron chi connectivity index (χ2n) is 6.15. The average molecular weight is 334 g/mol. The van der Waals surface area contributed by atoms with Crippen LogP contribution in [0.15, 0.2) is 47.1 Å². The van der Waals surface area contributed by atoms with Gasteiger partial charge in [0, 0.05) is 5.56 Å². The van der Waals surface area contributed by atoms with Crippen LogP contribution in [0, 0.1) is 13.8 Å². The van der Waals surface area contributed by atoms with Gasteiger partial charge in [0.1, 0.15) is 24.7 Å². The lowest BCUT2D eigenvalue weighted by atomic mass is 10.1. The minimum atomic E-state index is -0.205. The third-order valence-corrected chi connectivity index (χ3v) is 4.35. The SMILES string of the molecule is Cc1ccc(C2=N/C(=C/c3ccc4c(c3)OCCO4)C(=O)N2)cc1C. The van der Waals surface area contributed by atoms with Crippen LogP contribution in [0.25, 0.3) is 6.08 Å². The van der Waals surface area contributed by atoms with E-state index in [-0.39, 0.29) is 5.91 Å². The number of amidine groups is 1. The van der Waals surface area contributed by atoms with Gasteiger partial charge in [0.2, 0.25) is 0 Å². The Morgan fingerprint density at radius 3 is 2.60 bits per heavy atom. The zero-order valence-electron chi connectivity index (χ0n) is 14.1. The van der Waals surface area contributed by atoms with Crippen LogP contribution in [-0.2, 0) is 4.79 Å². The molecule has 2 aromatic carbocycles. The number of nitrogens with one attached hydrogen (secondary N) is 1. The van der Waals surface area contributed by atoms with Gasteiger partial charge in [-0.25, -0.2) is 4.99 Å². The summed E-state index contributed by atoms with van der Waals surface area (Å²) in [5, 5.41) is 2.84. The molecule has 5 heteroatoms. The van der Waals surface area contributed by atoms with Gasteiger partial charge < -0.3 is 14.8 Å². The lowest BCUT2D eigenvalue weighted by molar-refractivity contribution is -0.115. The fourth-order valence-electron chi connectivity index (χ4n) is 2.80. The third-order valence-electron chi connectivity index (χ3n) is 4.35. The lowest BCUT2D eigenvalue weighted by Crippen LogP contribution is -2.24. The Morgan fingerprint density at radius 1 is 1.00 bits per heavy atom. The van der Waals surface area contributed by atoms with Gasteiger partial charge in [-0.1, -0.05) is 18.2 Å². The van der Waals surface area contributed by atoms with Gasteiger partial charge in [0.05, 0.1) is 0 Å². The molecule has 4 rings (SSSR count). The van der Waals surface area contributed by atoms with E-state index < -0.39 is 0 Å². The molecule has 0 saturated carbocycles. The van der Waals surface area contributed by atoms with Crippen LogP contribution < -0.4 is 14.8 Å². The molecule has 2 aromatic rings. The molecule has 0 radical (unpaired) electrons. The van der Waals surface area contributed by atoms with E-state index in [1.807, 2.05) is 43.3 Å². The quantitative estimate of drug-likeness (QED) is 0.859. The van der Waals surface area contributed by atoms with Crippen LogP contribution >= 0.6 is 0 Å². The maximum absolute atomic E-state index is 12.3. The van der Waals surface area contributed by atoms with Gasteiger partial charge in [-0.15, -0.1) is 0 Å². The minimum Gasteiger partial charge on any atom is -0.486 e. The number of aliphatic imine (C=N–C) groups is 1. The summed E-state index contributed by atoms with van der Waals surface area (Å²) in [7, 11) is 0. The summed E-state index contributed by atoms with van der Waals surface area (Å²) in [6.07, 6.45) is 1.75. The fraction of sp³-hybridized carbons (Fsp3) is 0.200. The summed E-state index contributed by atoms with van der Waals surface area (Å²) < 4.78 is 11.1. The molecular weight excluding hydrogens is 316 g/mol. The molecule has 2 aliphatic heterocycles. The van der Waals surface area contributed by atoms with Gasteiger partial charge in [0.25, 0.3) is 5.91 Å². The van der Waals surface area contributed by atoms with Crippen molar-refractivity contribution in [3.05, 3.63) is 64.3 Å². The normalized spacial score (nSPS) is 17.4. The van der Waals surface area contributed by atoms with E-state index in [0.29, 0.717) is 30.5 Å². The standard InChI is InChI=1S/C20H18N2O3/c1-12-3-5-15(9-13(12)2)19-21-16(20(23)22-19)10-14-4-6-17-18(11-14)25-8-7-24-17/h3-6,9-11H,7-8H2,1-2H3,(H,21,22,23)/b16-10+. The molecule has 0 aromatic heterocycles. The van der Waals surface area contributed by atoms with Crippen molar-refractivity contribution in [1.29, 1.82) is 0 Å². The van der Waals surface area contributed by atoms with E-state index in [2.05, 4.69) is 17.2 Å². The molecule has 0 aliphatic carbocycles. The van der Waals surface area contributed by atoms with Crippen LogP contribution in [0.1, 0.15) is 22.3 Å². The van der Waals surface area contributed by atoms with Gasteiger partial charge in [-0.2, -0.15) is 0 Å². The molecule has 0 unspecified atom stereocenters. The van der Waals surface area contributed by atoms with E-state index in [0.717, 1.165) is 16.9 Å². The predicted molar refractivity (Wildman–Crippen MR) is 96.0 cm³/mol. The van der Waals surface area contributed by atoms with Crippen molar-refractivity contribution in [1.82, 2.24) is 5.32 Å². The van der Waals surface area contributed by atoms with E-state index in [1.54, 1.807) is 6.08 Å². The monoisotopic (exact) mass is 334 g/mol. The zero-order valence-corrected chi connectivity index (χ0v) is 14.1. The van der Waals surface area contributed by atoms with Crippen molar-refractivity contribution >= 4 is 17.8 Å². The number of fused-ring (bicyclic) bond motifs is 1. The van der Waals surface area contributed by atoms with E-state index >= 15 is 0 Å². The first kappa shape index (κ1) is 15.4. The topological polar surface area (TPSA) is 59.9 Å². The summed E-state index contributed by atoms with van der Waals surface area (Å²) in [4.78, 5) is 16.7. The van der Waals surface area contributed by atoms with Crippen LogP contribution in [-0.4, -0.2) is 25.0 Å². The second kappa shape index (κ2) is 6.09. The molecule has 0 bridgehead atoms. The molecule has 0 fully saturated rings. The van der Waals surface area contributed by atoms with Crippen LogP contribution in [0.4, 0.5) is 0 Å². The Morgan fingerprint density at radius 2 is 1.80 bits per heavy atom. The molecule has 1 amide bonds. The van der Waals surface area contributed by atoms with E-state index in [4.69, 9.17) is 9.47 Å².